The molecule has 1 fully saturated rings. The Labute approximate surface area is 162 Å². The van der Waals surface area contributed by atoms with E-state index in [1.54, 1.807) is 31.2 Å². The molecule has 0 saturated carbocycles. The van der Waals surface area contributed by atoms with Crippen molar-refractivity contribution in [3.8, 4) is 0 Å². The van der Waals surface area contributed by atoms with E-state index in [1.807, 2.05) is 0 Å². The first-order valence-electron chi connectivity index (χ1n) is 9.21. The third-order valence-electron chi connectivity index (χ3n) is 4.94. The van der Waals surface area contributed by atoms with Gasteiger partial charge in [0.2, 0.25) is 0 Å². The number of anilines is 1. The second kappa shape index (κ2) is 8.79. The Morgan fingerprint density at radius 1 is 1.14 bits per heavy atom. The summed E-state index contributed by atoms with van der Waals surface area (Å²) in [5.41, 5.74) is 1.41. The van der Waals surface area contributed by atoms with E-state index in [2.05, 4.69) is 15.1 Å². The lowest BCUT2D eigenvalue weighted by molar-refractivity contribution is -0.385. The Morgan fingerprint density at radius 2 is 1.82 bits per heavy atom. The number of piperazine rings is 1. The van der Waals surface area contributed by atoms with Crippen molar-refractivity contribution < 1.29 is 14.1 Å². The predicted molar refractivity (Wildman–Crippen MR) is 105 cm³/mol. The number of hydrogen-bond acceptors (Lipinski definition) is 5. The molecule has 148 valence electrons. The number of benzene rings is 2. The first kappa shape index (κ1) is 19.8. The Hall–Kier alpha value is -3.00. The fourth-order valence-electron chi connectivity index (χ4n) is 3.39. The lowest BCUT2D eigenvalue weighted by Crippen LogP contribution is -2.48. The number of rotatable bonds is 6. The van der Waals surface area contributed by atoms with Crippen LogP contribution in [0.4, 0.5) is 15.8 Å². The first-order chi connectivity index (χ1) is 13.5. The molecule has 1 amide bonds. The minimum atomic E-state index is -0.515. The van der Waals surface area contributed by atoms with Crippen LogP contribution in [-0.4, -0.2) is 55.0 Å². The molecule has 0 radical (unpaired) electrons. The summed E-state index contributed by atoms with van der Waals surface area (Å²) in [6.07, 6.45) is 0. The van der Waals surface area contributed by atoms with Gasteiger partial charge in [-0.05, 0) is 37.3 Å². The molecule has 1 aliphatic rings. The van der Waals surface area contributed by atoms with Crippen LogP contribution in [0.1, 0.15) is 15.9 Å². The zero-order chi connectivity index (χ0) is 20.1. The van der Waals surface area contributed by atoms with E-state index in [0.717, 1.165) is 31.9 Å². The molecule has 1 N–H and O–H groups in total. The van der Waals surface area contributed by atoms with E-state index in [4.69, 9.17) is 0 Å². The number of nitrogens with zero attached hydrogens (tertiary/aromatic N) is 3. The van der Waals surface area contributed by atoms with Crippen molar-refractivity contribution in [1.82, 2.24) is 10.2 Å². The van der Waals surface area contributed by atoms with E-state index in [-0.39, 0.29) is 17.1 Å². The highest BCUT2D eigenvalue weighted by Gasteiger charge is 2.22. The molecule has 0 aromatic heterocycles. The molecule has 0 unspecified atom stereocenters. The summed E-state index contributed by atoms with van der Waals surface area (Å²) in [5.74, 6) is -0.674. The van der Waals surface area contributed by atoms with Gasteiger partial charge in [-0.2, -0.15) is 0 Å². The maximum Gasteiger partial charge on any atom is 0.285 e. The highest BCUT2D eigenvalue weighted by atomic mass is 19.1. The smallest absolute Gasteiger partial charge is 0.285 e. The van der Waals surface area contributed by atoms with Crippen molar-refractivity contribution >= 4 is 17.3 Å². The average molecular weight is 386 g/mol. The third-order valence-corrected chi connectivity index (χ3v) is 4.94. The lowest BCUT2D eigenvalue weighted by Gasteiger charge is -2.36. The molecule has 0 atom stereocenters. The zero-order valence-electron chi connectivity index (χ0n) is 15.7. The van der Waals surface area contributed by atoms with E-state index >= 15 is 0 Å². The molecular weight excluding hydrogens is 363 g/mol. The highest BCUT2D eigenvalue weighted by molar-refractivity contribution is 5.98. The Kier molecular flexibility index (Phi) is 6.20. The van der Waals surface area contributed by atoms with E-state index in [9.17, 15) is 19.3 Å². The maximum atomic E-state index is 13.0. The molecule has 0 aliphatic carbocycles. The normalized spacial score (nSPS) is 14.7. The van der Waals surface area contributed by atoms with Gasteiger partial charge in [-0.15, -0.1) is 0 Å². The number of nitro benzene ring substituents is 1. The number of nitro groups is 1. The van der Waals surface area contributed by atoms with Crippen molar-refractivity contribution in [2.45, 2.75) is 6.92 Å². The summed E-state index contributed by atoms with van der Waals surface area (Å²) in [7, 11) is 0. The summed E-state index contributed by atoms with van der Waals surface area (Å²) in [5, 5.41) is 14.0. The fourth-order valence-corrected chi connectivity index (χ4v) is 3.39. The summed E-state index contributed by atoms with van der Waals surface area (Å²) < 4.78 is 13.0. The summed E-state index contributed by atoms with van der Waals surface area (Å²) >= 11 is 0. The summed E-state index contributed by atoms with van der Waals surface area (Å²) in [6, 6.07) is 11.2. The van der Waals surface area contributed by atoms with Gasteiger partial charge >= 0.3 is 0 Å². The number of aryl methyl sites for hydroxylation is 1. The van der Waals surface area contributed by atoms with E-state index < -0.39 is 10.8 Å². The second-order valence-electron chi connectivity index (χ2n) is 6.79. The van der Waals surface area contributed by atoms with Crippen LogP contribution in [0, 0.1) is 22.9 Å². The number of carbonyl (C=O) groups excluding carboxylic acids is 1. The van der Waals surface area contributed by atoms with Crippen LogP contribution < -0.4 is 10.2 Å². The maximum absolute atomic E-state index is 13.0. The van der Waals surface area contributed by atoms with Gasteiger partial charge in [0.1, 0.15) is 11.4 Å². The highest BCUT2D eigenvalue weighted by Crippen LogP contribution is 2.22. The number of nitrogens with one attached hydrogen (secondary N) is 1. The molecule has 2 aromatic carbocycles. The molecular formula is C20H23FN4O3. The number of halogens is 1. The molecule has 0 spiro atoms. The van der Waals surface area contributed by atoms with E-state index in [0.29, 0.717) is 18.7 Å². The largest absolute Gasteiger partial charge is 0.369 e. The summed E-state index contributed by atoms with van der Waals surface area (Å²) in [6.45, 7) is 6.01. The minimum Gasteiger partial charge on any atom is -0.369 e. The van der Waals surface area contributed by atoms with Crippen molar-refractivity contribution in [3.63, 3.8) is 0 Å². The van der Waals surface area contributed by atoms with Gasteiger partial charge in [0, 0.05) is 50.5 Å². The van der Waals surface area contributed by atoms with Crippen molar-refractivity contribution in [2.75, 3.05) is 44.2 Å². The number of amides is 1. The SMILES string of the molecule is Cc1cccc(C(=O)NCCN2CCN(c3ccc(F)cc3)CC2)c1[N+](=O)[O-]. The Balaban J connectivity index is 1.48. The molecule has 28 heavy (non-hydrogen) atoms. The predicted octanol–water partition coefficient (Wildman–Crippen LogP) is 2.59. The number of hydrogen-bond donors (Lipinski definition) is 1. The third kappa shape index (κ3) is 4.64. The van der Waals surface area contributed by atoms with Crippen molar-refractivity contribution in [3.05, 3.63) is 69.5 Å². The molecule has 1 aliphatic heterocycles. The molecule has 2 aromatic rings. The fraction of sp³-hybridized carbons (Fsp3) is 0.350. The monoisotopic (exact) mass is 386 g/mol. The van der Waals surface area contributed by atoms with Crippen LogP contribution in [0.25, 0.3) is 0 Å². The molecule has 7 nitrogen and oxygen atoms in total. The number of carbonyl (C=O) groups is 1. The quantitative estimate of drug-likeness (QED) is 0.610. The van der Waals surface area contributed by atoms with Gasteiger partial charge in [-0.25, -0.2) is 4.39 Å². The van der Waals surface area contributed by atoms with Gasteiger partial charge in [0.25, 0.3) is 11.6 Å². The molecule has 3 rings (SSSR count). The first-order valence-corrected chi connectivity index (χ1v) is 9.21. The van der Waals surface area contributed by atoms with Gasteiger partial charge < -0.3 is 10.2 Å². The lowest BCUT2D eigenvalue weighted by atomic mass is 10.1. The topological polar surface area (TPSA) is 78.7 Å². The van der Waals surface area contributed by atoms with Crippen LogP contribution in [0.2, 0.25) is 0 Å². The van der Waals surface area contributed by atoms with Gasteiger partial charge in [0.15, 0.2) is 0 Å². The van der Waals surface area contributed by atoms with Crippen molar-refractivity contribution in [1.29, 1.82) is 0 Å². The van der Waals surface area contributed by atoms with Gasteiger partial charge in [-0.3, -0.25) is 19.8 Å². The van der Waals surface area contributed by atoms with Crippen LogP contribution in [-0.2, 0) is 0 Å². The number of para-hydroxylation sites is 1. The Bertz CT molecular complexity index is 849. The van der Waals surface area contributed by atoms with Crippen LogP contribution in [0.15, 0.2) is 42.5 Å². The molecule has 1 heterocycles. The molecule has 8 heteroatoms. The van der Waals surface area contributed by atoms with E-state index in [1.165, 1.54) is 18.2 Å². The van der Waals surface area contributed by atoms with Crippen LogP contribution in [0.5, 0.6) is 0 Å². The van der Waals surface area contributed by atoms with Crippen molar-refractivity contribution in [2.24, 2.45) is 0 Å². The minimum absolute atomic E-state index is 0.0890. The average Bonchev–Trinajstić information content (AvgIpc) is 2.68. The van der Waals surface area contributed by atoms with Gasteiger partial charge in [0.05, 0.1) is 4.92 Å². The second-order valence-corrected chi connectivity index (χ2v) is 6.79. The van der Waals surface area contributed by atoms with Crippen LogP contribution >= 0.6 is 0 Å². The molecule has 1 saturated heterocycles. The zero-order valence-corrected chi connectivity index (χ0v) is 15.7. The standard InChI is InChI=1S/C20H23FN4O3/c1-15-3-2-4-18(19(15)25(27)28)20(26)22-9-10-23-11-13-24(14-12-23)17-7-5-16(21)6-8-17/h2-8H,9-14H2,1H3,(H,22,26). The van der Waals surface area contributed by atoms with Gasteiger partial charge in [-0.1, -0.05) is 12.1 Å². The summed E-state index contributed by atoms with van der Waals surface area (Å²) in [4.78, 5) is 27.5. The molecule has 0 bridgehead atoms. The Morgan fingerprint density at radius 3 is 2.46 bits per heavy atom. The van der Waals surface area contributed by atoms with Crippen LogP contribution in [0.3, 0.4) is 0 Å².